The number of ether oxygens (including phenoxy) is 1. The van der Waals surface area contributed by atoms with Gasteiger partial charge in [0.05, 0.1) is 19.0 Å². The Hall–Kier alpha value is -0.410. The minimum Gasteiger partial charge on any atom is -0.481 e. The van der Waals surface area contributed by atoms with E-state index in [1.807, 2.05) is 0 Å². The molecule has 3 N–H and O–H groups in total. The monoisotopic (exact) mass is 319 g/mol. The number of halogens is 1. The molecule has 1 aliphatic carbocycles. The first-order valence-electron chi connectivity index (χ1n) is 7.45. The number of carbonyl (C=O) groups is 1. The summed E-state index contributed by atoms with van der Waals surface area (Å²) in [6, 6.07) is 0.271. The summed E-state index contributed by atoms with van der Waals surface area (Å²) >= 11 is 1.32. The first kappa shape index (κ1) is 15.5. The molecule has 0 bridgehead atoms. The highest BCUT2D eigenvalue weighted by Crippen LogP contribution is 2.31. The van der Waals surface area contributed by atoms with Crippen LogP contribution < -0.4 is 10.6 Å². The van der Waals surface area contributed by atoms with Crippen LogP contribution in [-0.2, 0) is 9.53 Å². The summed E-state index contributed by atoms with van der Waals surface area (Å²) in [5.74, 6) is -0.774. The van der Waals surface area contributed by atoms with Gasteiger partial charge in [0, 0.05) is 31.2 Å². The summed E-state index contributed by atoms with van der Waals surface area (Å²) in [5, 5.41) is 15.4. The van der Waals surface area contributed by atoms with E-state index in [0.29, 0.717) is 19.6 Å². The summed E-state index contributed by atoms with van der Waals surface area (Å²) in [5.41, 5.74) is -0.0910. The largest absolute Gasteiger partial charge is 0.481 e. The van der Waals surface area contributed by atoms with Crippen molar-refractivity contribution in [2.75, 3.05) is 32.1 Å². The zero-order valence-corrected chi connectivity index (χ0v) is 12.7. The molecule has 0 amide bonds. The summed E-state index contributed by atoms with van der Waals surface area (Å²) in [7, 11) is 0. The van der Waals surface area contributed by atoms with Crippen LogP contribution in [0, 0.1) is 0 Å². The van der Waals surface area contributed by atoms with Crippen molar-refractivity contribution < 1.29 is 19.0 Å². The highest BCUT2D eigenvalue weighted by Gasteiger charge is 2.44. The molecule has 5 atom stereocenters. The first-order valence-corrected chi connectivity index (χ1v) is 8.49. The lowest BCUT2D eigenvalue weighted by atomic mass is 9.85. The van der Waals surface area contributed by atoms with Crippen LogP contribution in [0.1, 0.15) is 12.8 Å². The molecule has 1 saturated carbocycles. The molecule has 3 rings (SSSR count). The highest BCUT2D eigenvalue weighted by molar-refractivity contribution is 8.00. The van der Waals surface area contributed by atoms with Gasteiger partial charge in [-0.3, -0.25) is 20.3 Å². The molecule has 0 aromatic rings. The Kier molecular flexibility index (Phi) is 5.00. The second kappa shape index (κ2) is 6.78. The Labute approximate surface area is 127 Å². The third-order valence-electron chi connectivity index (χ3n) is 4.50. The minimum atomic E-state index is -0.832. The number of nitrogens with one attached hydrogen (secondary N) is 2. The van der Waals surface area contributed by atoms with E-state index in [-0.39, 0.29) is 29.4 Å². The van der Waals surface area contributed by atoms with E-state index in [2.05, 4.69) is 15.5 Å². The molecule has 0 radical (unpaired) electrons. The lowest BCUT2D eigenvalue weighted by Crippen LogP contribution is -2.56. The van der Waals surface area contributed by atoms with E-state index in [1.165, 1.54) is 11.8 Å². The minimum absolute atomic E-state index is 0.0485. The van der Waals surface area contributed by atoms with Crippen molar-refractivity contribution in [3.05, 3.63) is 0 Å². The number of carboxylic acid groups (broad SMARTS) is 1. The Balaban J connectivity index is 1.55. The van der Waals surface area contributed by atoms with Crippen LogP contribution in [0.2, 0.25) is 0 Å². The molecule has 5 unspecified atom stereocenters. The van der Waals surface area contributed by atoms with Crippen LogP contribution in [-0.4, -0.2) is 77.8 Å². The molecule has 3 aliphatic rings. The van der Waals surface area contributed by atoms with Crippen molar-refractivity contribution in [3.63, 3.8) is 0 Å². The van der Waals surface area contributed by atoms with Gasteiger partial charge in [0.1, 0.15) is 11.7 Å². The van der Waals surface area contributed by atoms with Crippen LogP contribution in [0.3, 0.4) is 0 Å². The fraction of sp³-hybridized carbons (Fsp3) is 0.923. The quantitative estimate of drug-likeness (QED) is 0.665. The maximum atomic E-state index is 14.5. The summed E-state index contributed by atoms with van der Waals surface area (Å²) < 4.78 is 19.8. The van der Waals surface area contributed by atoms with E-state index in [9.17, 15) is 9.18 Å². The molecule has 21 heavy (non-hydrogen) atoms. The zero-order chi connectivity index (χ0) is 14.8. The van der Waals surface area contributed by atoms with Crippen LogP contribution in [0.25, 0.3) is 0 Å². The predicted molar refractivity (Wildman–Crippen MR) is 78.0 cm³/mol. The lowest BCUT2D eigenvalue weighted by molar-refractivity contribution is -0.133. The van der Waals surface area contributed by atoms with Crippen molar-refractivity contribution in [2.24, 2.45) is 0 Å². The number of nitrogens with zero attached hydrogens (tertiary/aromatic N) is 1. The molecule has 120 valence electrons. The number of hydrogen-bond acceptors (Lipinski definition) is 6. The number of fused-ring (bicyclic) bond motifs is 1. The maximum Gasteiger partial charge on any atom is 0.313 e. The second-order valence-corrected chi connectivity index (χ2v) is 6.93. The van der Waals surface area contributed by atoms with Crippen molar-refractivity contribution in [1.29, 1.82) is 0 Å². The average Bonchev–Trinajstić information content (AvgIpc) is 2.87. The van der Waals surface area contributed by atoms with Gasteiger partial charge < -0.3 is 9.84 Å². The highest BCUT2D eigenvalue weighted by atomic mass is 32.2. The number of hydrogen-bond donors (Lipinski definition) is 3. The molecule has 0 aromatic carbocycles. The second-order valence-electron chi connectivity index (χ2n) is 5.83. The van der Waals surface area contributed by atoms with Gasteiger partial charge in [-0.1, -0.05) is 0 Å². The van der Waals surface area contributed by atoms with Gasteiger partial charge >= 0.3 is 5.97 Å². The fourth-order valence-corrected chi connectivity index (χ4v) is 4.33. The van der Waals surface area contributed by atoms with Crippen molar-refractivity contribution >= 4 is 17.7 Å². The number of morpholine rings is 1. The van der Waals surface area contributed by atoms with Gasteiger partial charge in [0.25, 0.3) is 0 Å². The third-order valence-corrected chi connectivity index (χ3v) is 5.52. The van der Waals surface area contributed by atoms with E-state index in [4.69, 9.17) is 9.84 Å². The maximum absolute atomic E-state index is 14.5. The van der Waals surface area contributed by atoms with Crippen LogP contribution in [0.4, 0.5) is 4.39 Å². The molecule has 2 saturated heterocycles. The van der Waals surface area contributed by atoms with E-state index in [1.54, 1.807) is 0 Å². The normalized spacial score (nSPS) is 40.9. The zero-order valence-electron chi connectivity index (χ0n) is 11.8. The molecular weight excluding hydrogens is 297 g/mol. The molecular formula is C13H22FN3O3S. The molecule has 0 spiro atoms. The van der Waals surface area contributed by atoms with E-state index in [0.717, 1.165) is 19.5 Å². The first-order chi connectivity index (χ1) is 10.1. The van der Waals surface area contributed by atoms with Crippen molar-refractivity contribution in [2.45, 2.75) is 42.6 Å². The van der Waals surface area contributed by atoms with Crippen LogP contribution >= 0.6 is 11.8 Å². The van der Waals surface area contributed by atoms with Gasteiger partial charge in [0.15, 0.2) is 0 Å². The van der Waals surface area contributed by atoms with Crippen LogP contribution in [0.5, 0.6) is 0 Å². The number of aliphatic carboxylic acids is 1. The summed E-state index contributed by atoms with van der Waals surface area (Å²) in [6.45, 7) is 2.96. The Bertz CT molecular complexity index is 384. The van der Waals surface area contributed by atoms with E-state index < -0.39 is 12.1 Å². The topological polar surface area (TPSA) is 73.8 Å². The third kappa shape index (κ3) is 3.68. The Morgan fingerprint density at radius 1 is 1.29 bits per heavy atom. The Morgan fingerprint density at radius 2 is 1.95 bits per heavy atom. The van der Waals surface area contributed by atoms with Gasteiger partial charge in [-0.25, -0.2) is 4.39 Å². The molecule has 2 heterocycles. The SMILES string of the molecule is O=C(O)CSC1NC2CC(F)C(N3CCOCC3)CC2N1. The molecule has 3 fully saturated rings. The molecule has 0 aromatic heterocycles. The van der Waals surface area contributed by atoms with Gasteiger partial charge in [-0.2, -0.15) is 0 Å². The smallest absolute Gasteiger partial charge is 0.313 e. The number of carboxylic acids is 1. The van der Waals surface area contributed by atoms with Gasteiger partial charge in [0.2, 0.25) is 0 Å². The predicted octanol–water partition coefficient (Wildman–Crippen LogP) is -0.149. The summed E-state index contributed by atoms with van der Waals surface area (Å²) in [6.07, 6.45) is 0.425. The van der Waals surface area contributed by atoms with Gasteiger partial charge in [-0.15, -0.1) is 11.8 Å². The van der Waals surface area contributed by atoms with E-state index >= 15 is 0 Å². The Morgan fingerprint density at radius 3 is 2.62 bits per heavy atom. The number of thioether (sulfide) groups is 1. The van der Waals surface area contributed by atoms with Crippen molar-refractivity contribution in [3.8, 4) is 0 Å². The molecule has 8 heteroatoms. The molecule has 2 aliphatic heterocycles. The number of alkyl halides is 1. The standard InChI is InChI=1S/C13H22FN3O3S/c14-8-5-9-10(16-13(15-9)21-7-12(18)19)6-11(8)17-1-3-20-4-2-17/h8-11,13,15-16H,1-7H2,(H,18,19). The lowest BCUT2D eigenvalue weighted by Gasteiger charge is -2.42. The van der Waals surface area contributed by atoms with Gasteiger partial charge in [-0.05, 0) is 12.8 Å². The molecule has 6 nitrogen and oxygen atoms in total. The average molecular weight is 319 g/mol. The number of rotatable bonds is 4. The summed E-state index contributed by atoms with van der Waals surface area (Å²) in [4.78, 5) is 12.8. The fourth-order valence-electron chi connectivity index (χ4n) is 3.48. The van der Waals surface area contributed by atoms with Crippen LogP contribution in [0.15, 0.2) is 0 Å². The van der Waals surface area contributed by atoms with Crippen molar-refractivity contribution in [1.82, 2.24) is 15.5 Å².